The number of amides is 1. The van der Waals surface area contributed by atoms with Crippen LogP contribution < -0.4 is 5.32 Å². The van der Waals surface area contributed by atoms with Gasteiger partial charge in [-0.25, -0.2) is 4.68 Å². The Labute approximate surface area is 147 Å². The van der Waals surface area contributed by atoms with E-state index in [1.807, 2.05) is 39.0 Å². The fourth-order valence-electron chi connectivity index (χ4n) is 2.54. The highest BCUT2D eigenvalue weighted by Crippen LogP contribution is 2.21. The van der Waals surface area contributed by atoms with Gasteiger partial charge in [-0.1, -0.05) is 38.4 Å². The number of rotatable bonds is 7. The molecule has 2 aromatic rings. The smallest absolute Gasteiger partial charge is 0.254 e. The maximum absolute atomic E-state index is 12.5. The van der Waals surface area contributed by atoms with E-state index in [9.17, 15) is 4.79 Å². The van der Waals surface area contributed by atoms with E-state index in [4.69, 9.17) is 16.7 Å². The molecule has 0 aliphatic heterocycles. The minimum atomic E-state index is -0.153. The molecule has 0 unspecified atom stereocenters. The van der Waals surface area contributed by atoms with Gasteiger partial charge in [0, 0.05) is 18.2 Å². The molecular formula is C18H24ClN3O2. The summed E-state index contributed by atoms with van der Waals surface area (Å²) in [6, 6.07) is 7.39. The van der Waals surface area contributed by atoms with Crippen LogP contribution in [0.4, 0.5) is 0 Å². The number of hydrogen-bond donors (Lipinski definition) is 2. The molecule has 6 heteroatoms. The van der Waals surface area contributed by atoms with Crippen molar-refractivity contribution < 1.29 is 9.90 Å². The summed E-state index contributed by atoms with van der Waals surface area (Å²) in [5.74, 6) is -0.147. The third-order valence-electron chi connectivity index (χ3n) is 4.02. The van der Waals surface area contributed by atoms with Gasteiger partial charge in [-0.3, -0.25) is 4.79 Å². The second-order valence-electron chi connectivity index (χ2n) is 6.57. The summed E-state index contributed by atoms with van der Waals surface area (Å²) in [5, 5.41) is 17.0. The second-order valence-corrected chi connectivity index (χ2v) is 7.01. The number of nitrogens with zero attached hydrogens (tertiary/aromatic N) is 2. The highest BCUT2D eigenvalue weighted by atomic mass is 35.5. The van der Waals surface area contributed by atoms with E-state index >= 15 is 0 Å². The molecule has 0 spiro atoms. The fraction of sp³-hybridized carbons (Fsp3) is 0.444. The molecule has 0 aliphatic rings. The van der Waals surface area contributed by atoms with Crippen LogP contribution in [0.5, 0.6) is 0 Å². The molecule has 0 atom stereocenters. The Morgan fingerprint density at radius 1 is 1.42 bits per heavy atom. The van der Waals surface area contributed by atoms with Gasteiger partial charge < -0.3 is 10.4 Å². The zero-order valence-electron chi connectivity index (χ0n) is 14.3. The third-order valence-corrected chi connectivity index (χ3v) is 4.25. The number of carbonyl (C=O) groups is 1. The van der Waals surface area contributed by atoms with Crippen molar-refractivity contribution in [3.05, 3.63) is 46.7 Å². The summed E-state index contributed by atoms with van der Waals surface area (Å²) in [7, 11) is 0. The van der Waals surface area contributed by atoms with Gasteiger partial charge in [0.1, 0.15) is 0 Å². The molecule has 0 saturated carbocycles. The lowest BCUT2D eigenvalue weighted by Crippen LogP contribution is -2.34. The molecule has 2 N–H and O–H groups in total. The lowest BCUT2D eigenvalue weighted by atomic mass is 9.89. The van der Waals surface area contributed by atoms with Crippen LogP contribution >= 0.6 is 11.6 Å². The Kier molecular flexibility index (Phi) is 6.02. The van der Waals surface area contributed by atoms with E-state index in [0.29, 0.717) is 30.0 Å². The summed E-state index contributed by atoms with van der Waals surface area (Å²) < 4.78 is 1.75. The van der Waals surface area contributed by atoms with Gasteiger partial charge in [0.05, 0.1) is 23.1 Å². The molecule has 130 valence electrons. The number of nitrogens with one attached hydrogen (secondary N) is 1. The normalized spacial score (nSPS) is 11.5. The molecule has 24 heavy (non-hydrogen) atoms. The van der Waals surface area contributed by atoms with Gasteiger partial charge in [-0.05, 0) is 36.5 Å². The summed E-state index contributed by atoms with van der Waals surface area (Å²) >= 11 is 6.05. The number of benzene rings is 1. The van der Waals surface area contributed by atoms with Crippen LogP contribution in [0.1, 0.15) is 43.2 Å². The molecule has 2 rings (SSSR count). The lowest BCUT2D eigenvalue weighted by Gasteiger charge is -2.23. The molecule has 1 aromatic carbocycles. The minimum absolute atomic E-state index is 0.107. The molecule has 0 saturated heterocycles. The summed E-state index contributed by atoms with van der Waals surface area (Å²) in [5.41, 5.74) is 2.09. The first-order valence-corrected chi connectivity index (χ1v) is 8.47. The number of halogens is 1. The number of aliphatic hydroxyl groups is 1. The Bertz CT molecular complexity index is 710. The van der Waals surface area contributed by atoms with Crippen molar-refractivity contribution in [2.45, 2.75) is 33.6 Å². The van der Waals surface area contributed by atoms with Crippen LogP contribution in [0, 0.1) is 5.41 Å². The number of aliphatic hydroxyl groups excluding tert-OH is 1. The molecule has 0 aliphatic carbocycles. The topological polar surface area (TPSA) is 67.2 Å². The van der Waals surface area contributed by atoms with E-state index in [-0.39, 0.29) is 17.9 Å². The van der Waals surface area contributed by atoms with Crippen molar-refractivity contribution >= 4 is 17.5 Å². The highest BCUT2D eigenvalue weighted by Gasteiger charge is 2.21. The zero-order valence-corrected chi connectivity index (χ0v) is 15.1. The molecule has 0 fully saturated rings. The third kappa shape index (κ3) is 4.36. The van der Waals surface area contributed by atoms with E-state index < -0.39 is 0 Å². The molecule has 0 radical (unpaired) electrons. The predicted molar refractivity (Wildman–Crippen MR) is 95.8 cm³/mol. The first-order chi connectivity index (χ1) is 11.4. The molecule has 1 aromatic heterocycles. The van der Waals surface area contributed by atoms with E-state index in [1.54, 1.807) is 16.9 Å². The van der Waals surface area contributed by atoms with Gasteiger partial charge in [0.25, 0.3) is 5.91 Å². The Morgan fingerprint density at radius 2 is 2.17 bits per heavy atom. The van der Waals surface area contributed by atoms with Crippen molar-refractivity contribution in [2.24, 2.45) is 5.41 Å². The molecular weight excluding hydrogens is 326 g/mol. The highest BCUT2D eigenvalue weighted by molar-refractivity contribution is 6.30. The van der Waals surface area contributed by atoms with Crippen LogP contribution in [-0.4, -0.2) is 33.9 Å². The number of carbonyl (C=O) groups excluding carboxylic acids is 1. The number of hydrogen-bond acceptors (Lipinski definition) is 3. The van der Waals surface area contributed by atoms with Crippen molar-refractivity contribution in [1.82, 2.24) is 15.1 Å². The first kappa shape index (κ1) is 18.5. The van der Waals surface area contributed by atoms with Gasteiger partial charge >= 0.3 is 0 Å². The Hall–Kier alpha value is -1.85. The minimum Gasteiger partial charge on any atom is -0.396 e. The van der Waals surface area contributed by atoms with E-state index in [1.165, 1.54) is 0 Å². The maximum Gasteiger partial charge on any atom is 0.254 e. The van der Waals surface area contributed by atoms with Crippen molar-refractivity contribution in [3.63, 3.8) is 0 Å². The Morgan fingerprint density at radius 3 is 2.79 bits per heavy atom. The van der Waals surface area contributed by atoms with E-state index in [2.05, 4.69) is 10.4 Å². The lowest BCUT2D eigenvalue weighted by molar-refractivity contribution is 0.0927. The van der Waals surface area contributed by atoms with Crippen molar-refractivity contribution in [2.75, 3.05) is 13.2 Å². The average molecular weight is 350 g/mol. The summed E-state index contributed by atoms with van der Waals surface area (Å²) in [4.78, 5) is 12.5. The van der Waals surface area contributed by atoms with Crippen molar-refractivity contribution in [3.8, 4) is 5.69 Å². The van der Waals surface area contributed by atoms with Gasteiger partial charge in [-0.2, -0.15) is 5.10 Å². The largest absolute Gasteiger partial charge is 0.396 e. The van der Waals surface area contributed by atoms with Crippen LogP contribution in [-0.2, 0) is 6.42 Å². The molecule has 1 heterocycles. The summed E-state index contributed by atoms with van der Waals surface area (Å²) in [6.07, 6.45) is 2.90. The van der Waals surface area contributed by atoms with Gasteiger partial charge in [0.2, 0.25) is 0 Å². The monoisotopic (exact) mass is 349 g/mol. The van der Waals surface area contributed by atoms with Crippen LogP contribution in [0.15, 0.2) is 30.5 Å². The molecule has 5 nitrogen and oxygen atoms in total. The standard InChI is InChI=1S/C18H24ClN3O2/c1-4-16-15(17(24)20-12-18(2,3)8-9-23)11-21-22(16)14-7-5-6-13(19)10-14/h5-7,10-11,23H,4,8-9,12H2,1-3H3,(H,20,24). The second kappa shape index (κ2) is 7.81. The maximum atomic E-state index is 12.5. The van der Waals surface area contributed by atoms with Crippen LogP contribution in [0.25, 0.3) is 5.69 Å². The average Bonchev–Trinajstić information content (AvgIpc) is 2.96. The zero-order chi connectivity index (χ0) is 17.7. The number of aromatic nitrogens is 2. The first-order valence-electron chi connectivity index (χ1n) is 8.10. The van der Waals surface area contributed by atoms with Gasteiger partial charge in [-0.15, -0.1) is 0 Å². The molecule has 0 bridgehead atoms. The van der Waals surface area contributed by atoms with E-state index in [0.717, 1.165) is 11.4 Å². The SMILES string of the molecule is CCc1c(C(=O)NCC(C)(C)CCO)cnn1-c1cccc(Cl)c1. The fourth-order valence-corrected chi connectivity index (χ4v) is 2.72. The van der Waals surface area contributed by atoms with Crippen LogP contribution in [0.3, 0.4) is 0 Å². The molecule has 1 amide bonds. The Balaban J connectivity index is 2.21. The van der Waals surface area contributed by atoms with Crippen molar-refractivity contribution in [1.29, 1.82) is 0 Å². The van der Waals surface area contributed by atoms with Crippen LogP contribution in [0.2, 0.25) is 5.02 Å². The van der Waals surface area contributed by atoms with Gasteiger partial charge in [0.15, 0.2) is 0 Å². The predicted octanol–water partition coefficient (Wildman–Crippen LogP) is 3.23. The quantitative estimate of drug-likeness (QED) is 0.806. The summed E-state index contributed by atoms with van der Waals surface area (Å²) in [6.45, 7) is 6.62.